The Morgan fingerprint density at radius 1 is 1.06 bits per heavy atom. The number of nitrogens with two attached hydrogens (primary N) is 1. The average Bonchev–Trinajstić information content (AvgIpc) is 3.43. The van der Waals surface area contributed by atoms with Crippen LogP contribution in [-0.4, -0.2) is 30.4 Å². The molecule has 6 aromatic rings. The predicted molar refractivity (Wildman–Crippen MR) is 137 cm³/mol. The molecule has 0 fully saturated rings. The second kappa shape index (κ2) is 8.47. The lowest BCUT2D eigenvalue weighted by Gasteiger charge is -2.07. The normalized spacial score (nSPS) is 11.5. The SMILES string of the molecule is CC(=O)On1ncc2cc3[nH]c(=O)c(-c4cn(Cc5cccc(CN)c5)c5ccccc45)nc3cc21. The Labute approximate surface area is 204 Å². The van der Waals surface area contributed by atoms with E-state index < -0.39 is 5.97 Å². The number of fused-ring (bicyclic) bond motifs is 3. The number of rotatable bonds is 5. The highest BCUT2D eigenvalue weighted by molar-refractivity contribution is 5.97. The van der Waals surface area contributed by atoms with Crippen molar-refractivity contribution in [3.8, 4) is 11.3 Å². The number of carbonyl (C=O) groups excluding carboxylic acids is 1. The third-order valence-corrected chi connectivity index (χ3v) is 6.19. The Kier molecular flexibility index (Phi) is 5.12. The first-order valence-corrected chi connectivity index (χ1v) is 11.5. The van der Waals surface area contributed by atoms with E-state index in [0.717, 1.165) is 32.4 Å². The number of H-pyrrole nitrogens is 1. The summed E-state index contributed by atoms with van der Waals surface area (Å²) < 4.78 is 2.12. The number of carbonyl (C=O) groups is 1. The van der Waals surface area contributed by atoms with Crippen molar-refractivity contribution in [3.05, 3.63) is 94.5 Å². The van der Waals surface area contributed by atoms with Crippen LogP contribution in [0, 0.1) is 0 Å². The summed E-state index contributed by atoms with van der Waals surface area (Å²) in [5.74, 6) is -0.486. The first-order valence-electron chi connectivity index (χ1n) is 11.5. The molecule has 0 amide bonds. The third-order valence-electron chi connectivity index (χ3n) is 6.19. The van der Waals surface area contributed by atoms with Crippen molar-refractivity contribution in [1.29, 1.82) is 0 Å². The van der Waals surface area contributed by atoms with E-state index in [1.807, 2.05) is 42.6 Å². The second-order valence-corrected chi connectivity index (χ2v) is 8.65. The molecule has 9 nitrogen and oxygen atoms in total. The molecule has 0 aliphatic heterocycles. The van der Waals surface area contributed by atoms with Crippen molar-refractivity contribution in [2.24, 2.45) is 5.73 Å². The molecule has 3 aromatic carbocycles. The molecule has 3 heterocycles. The zero-order chi connectivity index (χ0) is 24.8. The molecule has 0 bridgehead atoms. The van der Waals surface area contributed by atoms with Gasteiger partial charge in [-0.05, 0) is 29.3 Å². The maximum Gasteiger partial charge on any atom is 0.331 e. The Bertz CT molecular complexity index is 1850. The van der Waals surface area contributed by atoms with Gasteiger partial charge in [-0.25, -0.2) is 9.78 Å². The number of hydrogen-bond donors (Lipinski definition) is 2. The highest BCUT2D eigenvalue weighted by Gasteiger charge is 2.17. The minimum Gasteiger partial charge on any atom is -0.342 e. The fourth-order valence-electron chi connectivity index (χ4n) is 4.58. The lowest BCUT2D eigenvalue weighted by Crippen LogP contribution is -2.17. The Balaban J connectivity index is 1.50. The van der Waals surface area contributed by atoms with E-state index in [-0.39, 0.29) is 5.56 Å². The van der Waals surface area contributed by atoms with Gasteiger partial charge in [0.05, 0.1) is 17.2 Å². The summed E-state index contributed by atoms with van der Waals surface area (Å²) in [6, 6.07) is 19.6. The lowest BCUT2D eigenvalue weighted by atomic mass is 10.1. The maximum atomic E-state index is 13.2. The van der Waals surface area contributed by atoms with Crippen molar-refractivity contribution in [1.82, 2.24) is 24.5 Å². The lowest BCUT2D eigenvalue weighted by molar-refractivity contribution is -0.142. The average molecular weight is 479 g/mol. The number of aromatic amines is 1. The molecular formula is C27H22N6O3. The first-order chi connectivity index (χ1) is 17.5. The van der Waals surface area contributed by atoms with E-state index in [1.165, 1.54) is 6.92 Å². The fourth-order valence-corrected chi connectivity index (χ4v) is 4.58. The molecule has 36 heavy (non-hydrogen) atoms. The van der Waals surface area contributed by atoms with Gasteiger partial charge >= 0.3 is 5.97 Å². The van der Waals surface area contributed by atoms with Crippen LogP contribution in [0.2, 0.25) is 0 Å². The van der Waals surface area contributed by atoms with Crippen LogP contribution in [0.15, 0.2) is 77.9 Å². The summed E-state index contributed by atoms with van der Waals surface area (Å²) in [7, 11) is 0. The summed E-state index contributed by atoms with van der Waals surface area (Å²) in [6.07, 6.45) is 3.53. The van der Waals surface area contributed by atoms with E-state index in [4.69, 9.17) is 15.6 Å². The molecule has 9 heteroatoms. The molecule has 178 valence electrons. The van der Waals surface area contributed by atoms with Gasteiger partial charge in [0.15, 0.2) is 0 Å². The van der Waals surface area contributed by atoms with Crippen LogP contribution in [-0.2, 0) is 17.9 Å². The van der Waals surface area contributed by atoms with Crippen molar-refractivity contribution < 1.29 is 9.63 Å². The van der Waals surface area contributed by atoms with Gasteiger partial charge in [-0.1, -0.05) is 47.3 Å². The molecule has 3 aromatic heterocycles. The Morgan fingerprint density at radius 2 is 1.89 bits per heavy atom. The van der Waals surface area contributed by atoms with Crippen LogP contribution in [0.4, 0.5) is 0 Å². The van der Waals surface area contributed by atoms with E-state index >= 15 is 0 Å². The highest BCUT2D eigenvalue weighted by atomic mass is 16.7. The van der Waals surface area contributed by atoms with Gasteiger partial charge in [-0.15, -0.1) is 5.10 Å². The van der Waals surface area contributed by atoms with Crippen molar-refractivity contribution in [2.45, 2.75) is 20.0 Å². The van der Waals surface area contributed by atoms with Gasteiger partial charge in [0.1, 0.15) is 11.2 Å². The van der Waals surface area contributed by atoms with E-state index in [1.54, 1.807) is 18.3 Å². The van der Waals surface area contributed by atoms with Gasteiger partial charge in [0.2, 0.25) is 0 Å². The van der Waals surface area contributed by atoms with E-state index in [9.17, 15) is 9.59 Å². The molecular weight excluding hydrogens is 456 g/mol. The van der Waals surface area contributed by atoms with Crippen LogP contribution in [0.1, 0.15) is 18.1 Å². The van der Waals surface area contributed by atoms with Gasteiger partial charge in [0, 0.05) is 48.1 Å². The molecule has 0 aliphatic rings. The molecule has 0 atom stereocenters. The number of aromatic nitrogens is 5. The van der Waals surface area contributed by atoms with E-state index in [2.05, 4.69) is 26.8 Å². The molecule has 3 N–H and O–H groups in total. The third kappa shape index (κ3) is 3.71. The van der Waals surface area contributed by atoms with Crippen LogP contribution in [0.25, 0.3) is 44.1 Å². The molecule has 0 unspecified atom stereocenters. The van der Waals surface area contributed by atoms with Crippen LogP contribution < -0.4 is 16.1 Å². The van der Waals surface area contributed by atoms with Gasteiger partial charge in [-0.3, -0.25) is 4.79 Å². The molecule has 6 rings (SSSR count). The van der Waals surface area contributed by atoms with Crippen LogP contribution in [0.5, 0.6) is 0 Å². The minimum absolute atomic E-state index is 0.290. The number of nitrogens with one attached hydrogen (secondary N) is 1. The number of benzene rings is 3. The van der Waals surface area contributed by atoms with Crippen molar-refractivity contribution >= 4 is 38.8 Å². The summed E-state index contributed by atoms with van der Waals surface area (Å²) >= 11 is 0. The smallest absolute Gasteiger partial charge is 0.331 e. The standard InChI is InChI=1S/C27H22N6O3/c1-16(34)36-33-25-11-23-22(10-19(25)13-29-33)31-27(35)26(30-23)21-15-32(24-8-3-2-7-20(21)24)14-18-6-4-5-17(9-18)12-28/h2-11,13,15H,12,14,28H2,1H3,(H,31,35). The maximum absolute atomic E-state index is 13.2. The zero-order valence-electron chi connectivity index (χ0n) is 19.4. The minimum atomic E-state index is -0.486. The topological polar surface area (TPSA) is 121 Å². The molecule has 0 saturated carbocycles. The Hall–Kier alpha value is -4.76. The predicted octanol–water partition coefficient (Wildman–Crippen LogP) is 3.38. The van der Waals surface area contributed by atoms with Crippen LogP contribution >= 0.6 is 0 Å². The number of hydrogen-bond acceptors (Lipinski definition) is 6. The van der Waals surface area contributed by atoms with Gasteiger partial charge in [-0.2, -0.15) is 0 Å². The fraction of sp³-hybridized carbons (Fsp3) is 0.111. The molecule has 0 saturated heterocycles. The van der Waals surface area contributed by atoms with Crippen molar-refractivity contribution in [3.63, 3.8) is 0 Å². The second-order valence-electron chi connectivity index (χ2n) is 8.65. The molecule has 0 aliphatic carbocycles. The molecule has 0 spiro atoms. The highest BCUT2D eigenvalue weighted by Crippen LogP contribution is 2.30. The molecule has 0 radical (unpaired) electrons. The quantitative estimate of drug-likeness (QED) is 0.392. The number of para-hydroxylation sites is 1. The number of nitrogens with zero attached hydrogens (tertiary/aromatic N) is 4. The van der Waals surface area contributed by atoms with Gasteiger partial charge < -0.3 is 20.1 Å². The summed E-state index contributed by atoms with van der Waals surface area (Å²) in [4.78, 5) is 38.6. The van der Waals surface area contributed by atoms with Crippen molar-refractivity contribution in [2.75, 3.05) is 0 Å². The monoisotopic (exact) mass is 478 g/mol. The summed E-state index contributed by atoms with van der Waals surface area (Å²) in [5, 5.41) is 5.74. The zero-order valence-corrected chi connectivity index (χ0v) is 19.4. The Morgan fingerprint density at radius 3 is 2.72 bits per heavy atom. The van der Waals surface area contributed by atoms with Crippen LogP contribution in [0.3, 0.4) is 0 Å². The van der Waals surface area contributed by atoms with Gasteiger partial charge in [0.25, 0.3) is 5.56 Å². The summed E-state index contributed by atoms with van der Waals surface area (Å²) in [5.41, 5.74) is 11.5. The summed E-state index contributed by atoms with van der Waals surface area (Å²) in [6.45, 7) is 2.41. The largest absolute Gasteiger partial charge is 0.342 e. The first kappa shape index (κ1) is 21.8. The van der Waals surface area contributed by atoms with E-state index in [0.29, 0.717) is 40.7 Å².